The number of nitrogens with one attached hydrogen (secondary N) is 1. The van der Waals surface area contributed by atoms with Gasteiger partial charge < -0.3 is 15.1 Å². The van der Waals surface area contributed by atoms with Gasteiger partial charge in [0, 0.05) is 38.8 Å². The van der Waals surface area contributed by atoms with Crippen molar-refractivity contribution in [3.8, 4) is 0 Å². The van der Waals surface area contributed by atoms with E-state index in [1.807, 2.05) is 21.7 Å². The summed E-state index contributed by atoms with van der Waals surface area (Å²) < 4.78 is 1.95. The zero-order chi connectivity index (χ0) is 20.4. The SMILES string of the molecule is CN(C)C(=O)c1ccc2c(c1)nnn2C1CCN(C(=O)NC2CCCCC2)CC1. The first-order valence-electron chi connectivity index (χ1n) is 10.6. The molecule has 0 spiro atoms. The third-order valence-electron chi connectivity index (χ3n) is 6.15. The fourth-order valence-corrected chi connectivity index (χ4v) is 4.43. The van der Waals surface area contributed by atoms with E-state index in [0.29, 0.717) is 11.6 Å². The van der Waals surface area contributed by atoms with Crippen molar-refractivity contribution in [1.29, 1.82) is 0 Å². The molecule has 2 aliphatic rings. The lowest BCUT2D eigenvalue weighted by Gasteiger charge is -2.34. The molecule has 0 unspecified atom stereocenters. The van der Waals surface area contributed by atoms with Gasteiger partial charge in [-0.25, -0.2) is 9.48 Å². The maximum atomic E-state index is 12.6. The van der Waals surface area contributed by atoms with Crippen LogP contribution in [-0.4, -0.2) is 70.0 Å². The van der Waals surface area contributed by atoms with Crippen LogP contribution in [-0.2, 0) is 0 Å². The van der Waals surface area contributed by atoms with Crippen LogP contribution < -0.4 is 5.32 Å². The highest BCUT2D eigenvalue weighted by molar-refractivity contribution is 5.97. The van der Waals surface area contributed by atoms with Crippen LogP contribution in [0.3, 0.4) is 0 Å². The maximum absolute atomic E-state index is 12.6. The van der Waals surface area contributed by atoms with Crippen LogP contribution in [0.1, 0.15) is 61.3 Å². The molecule has 0 atom stereocenters. The van der Waals surface area contributed by atoms with Crippen molar-refractivity contribution >= 4 is 23.0 Å². The summed E-state index contributed by atoms with van der Waals surface area (Å²) >= 11 is 0. The molecule has 0 bridgehead atoms. The minimum atomic E-state index is -0.0428. The van der Waals surface area contributed by atoms with E-state index < -0.39 is 0 Å². The molecule has 0 radical (unpaired) electrons. The second kappa shape index (κ2) is 8.39. The number of hydrogen-bond acceptors (Lipinski definition) is 4. The minimum Gasteiger partial charge on any atom is -0.345 e. The quantitative estimate of drug-likeness (QED) is 0.862. The van der Waals surface area contributed by atoms with E-state index in [1.165, 1.54) is 19.3 Å². The Bertz CT molecular complexity index is 878. The molecule has 8 heteroatoms. The summed E-state index contributed by atoms with van der Waals surface area (Å²) in [6.07, 6.45) is 7.64. The number of carbonyl (C=O) groups excluding carboxylic acids is 2. The van der Waals surface area contributed by atoms with Crippen LogP contribution in [0.2, 0.25) is 0 Å². The number of hydrogen-bond donors (Lipinski definition) is 1. The van der Waals surface area contributed by atoms with Crippen LogP contribution in [0, 0.1) is 0 Å². The van der Waals surface area contributed by atoms with Gasteiger partial charge >= 0.3 is 6.03 Å². The van der Waals surface area contributed by atoms with E-state index in [4.69, 9.17) is 0 Å². The average molecular weight is 399 g/mol. The molecule has 8 nitrogen and oxygen atoms in total. The highest BCUT2D eigenvalue weighted by Crippen LogP contribution is 2.26. The van der Waals surface area contributed by atoms with E-state index in [-0.39, 0.29) is 18.0 Å². The topological polar surface area (TPSA) is 83.4 Å². The standard InChI is InChI=1S/C21H30N6O2/c1-25(2)20(28)15-8-9-19-18(14-15)23-24-27(19)17-10-12-26(13-11-17)21(29)22-16-6-4-3-5-7-16/h8-9,14,16-17H,3-7,10-13H2,1-2H3,(H,22,29). The summed E-state index contributed by atoms with van der Waals surface area (Å²) in [5.74, 6) is -0.0428. The van der Waals surface area contributed by atoms with E-state index >= 15 is 0 Å². The monoisotopic (exact) mass is 398 g/mol. The van der Waals surface area contributed by atoms with E-state index in [9.17, 15) is 9.59 Å². The third-order valence-corrected chi connectivity index (χ3v) is 6.15. The van der Waals surface area contributed by atoms with Crippen LogP contribution in [0.5, 0.6) is 0 Å². The first-order chi connectivity index (χ1) is 14.0. The normalized spacial score (nSPS) is 18.8. The number of carbonyl (C=O) groups is 2. The minimum absolute atomic E-state index is 0.0428. The Hall–Kier alpha value is -2.64. The number of amides is 3. The number of urea groups is 1. The fraction of sp³-hybridized carbons (Fsp3) is 0.619. The molecule has 1 aromatic carbocycles. The molecule has 4 rings (SSSR count). The zero-order valence-electron chi connectivity index (χ0n) is 17.3. The van der Waals surface area contributed by atoms with Crippen molar-refractivity contribution in [3.63, 3.8) is 0 Å². The largest absolute Gasteiger partial charge is 0.345 e. The highest BCUT2D eigenvalue weighted by Gasteiger charge is 2.27. The van der Waals surface area contributed by atoms with Gasteiger partial charge in [-0.2, -0.15) is 0 Å². The van der Waals surface area contributed by atoms with Gasteiger partial charge in [0.15, 0.2) is 0 Å². The second-order valence-corrected chi connectivity index (χ2v) is 8.44. The number of fused-ring (bicyclic) bond motifs is 1. The maximum Gasteiger partial charge on any atom is 0.317 e. The summed E-state index contributed by atoms with van der Waals surface area (Å²) in [6.45, 7) is 1.45. The Morgan fingerprint density at radius 2 is 1.79 bits per heavy atom. The Labute approximate surface area is 171 Å². The van der Waals surface area contributed by atoms with Gasteiger partial charge in [0.05, 0.1) is 11.6 Å². The Balaban J connectivity index is 1.38. The lowest BCUT2D eigenvalue weighted by Crippen LogP contribution is -2.48. The number of aromatic nitrogens is 3. The number of rotatable bonds is 3. The molecular weight excluding hydrogens is 368 g/mol. The van der Waals surface area contributed by atoms with Crippen molar-refractivity contribution < 1.29 is 9.59 Å². The van der Waals surface area contributed by atoms with E-state index in [1.54, 1.807) is 25.1 Å². The molecule has 2 heterocycles. The van der Waals surface area contributed by atoms with Crippen molar-refractivity contribution in [2.45, 2.75) is 57.0 Å². The molecule has 29 heavy (non-hydrogen) atoms. The Kier molecular flexibility index (Phi) is 5.69. The predicted octanol–water partition coefficient (Wildman–Crippen LogP) is 2.81. The Morgan fingerprint density at radius 1 is 1.07 bits per heavy atom. The molecule has 1 saturated heterocycles. The van der Waals surface area contributed by atoms with Gasteiger partial charge in [-0.3, -0.25) is 4.79 Å². The predicted molar refractivity (Wildman–Crippen MR) is 111 cm³/mol. The summed E-state index contributed by atoms with van der Waals surface area (Å²) in [5, 5.41) is 11.8. The molecule has 3 amide bonds. The summed E-state index contributed by atoms with van der Waals surface area (Å²) in [4.78, 5) is 28.2. The van der Waals surface area contributed by atoms with Crippen molar-refractivity contribution in [1.82, 2.24) is 30.1 Å². The molecule has 2 aromatic rings. The van der Waals surface area contributed by atoms with Crippen molar-refractivity contribution in [2.24, 2.45) is 0 Å². The molecule has 1 N–H and O–H groups in total. The number of piperidine rings is 1. The Morgan fingerprint density at radius 3 is 2.48 bits per heavy atom. The lowest BCUT2D eigenvalue weighted by molar-refractivity contribution is 0.0827. The first kappa shape index (κ1) is 19.7. The summed E-state index contributed by atoms with van der Waals surface area (Å²) in [5.41, 5.74) is 2.28. The van der Waals surface area contributed by atoms with Crippen LogP contribution in [0.4, 0.5) is 4.79 Å². The van der Waals surface area contributed by atoms with Crippen LogP contribution in [0.25, 0.3) is 11.0 Å². The molecular formula is C21H30N6O2. The summed E-state index contributed by atoms with van der Waals surface area (Å²) in [6, 6.07) is 6.19. The molecule has 156 valence electrons. The van der Waals surface area contributed by atoms with Crippen LogP contribution >= 0.6 is 0 Å². The van der Waals surface area contributed by atoms with E-state index in [0.717, 1.165) is 49.8 Å². The molecule has 1 aromatic heterocycles. The highest BCUT2D eigenvalue weighted by atomic mass is 16.2. The number of benzene rings is 1. The number of likely N-dealkylation sites (tertiary alicyclic amines) is 1. The average Bonchev–Trinajstić information content (AvgIpc) is 3.17. The summed E-state index contributed by atoms with van der Waals surface area (Å²) in [7, 11) is 3.48. The molecule has 1 saturated carbocycles. The van der Waals surface area contributed by atoms with Crippen molar-refractivity contribution in [2.75, 3.05) is 27.2 Å². The third kappa shape index (κ3) is 4.21. The molecule has 2 fully saturated rings. The number of nitrogens with zero attached hydrogens (tertiary/aromatic N) is 5. The van der Waals surface area contributed by atoms with Gasteiger partial charge in [-0.1, -0.05) is 24.5 Å². The fourth-order valence-electron chi connectivity index (χ4n) is 4.43. The van der Waals surface area contributed by atoms with Crippen LogP contribution in [0.15, 0.2) is 18.2 Å². The first-order valence-corrected chi connectivity index (χ1v) is 10.6. The van der Waals surface area contributed by atoms with Gasteiger partial charge in [0.2, 0.25) is 0 Å². The molecule has 1 aliphatic carbocycles. The zero-order valence-corrected chi connectivity index (χ0v) is 17.3. The second-order valence-electron chi connectivity index (χ2n) is 8.44. The lowest BCUT2D eigenvalue weighted by atomic mass is 9.95. The van der Waals surface area contributed by atoms with Gasteiger partial charge in [-0.15, -0.1) is 5.10 Å². The van der Waals surface area contributed by atoms with Gasteiger partial charge in [0.1, 0.15) is 5.52 Å². The smallest absolute Gasteiger partial charge is 0.317 e. The van der Waals surface area contributed by atoms with Gasteiger partial charge in [-0.05, 0) is 43.9 Å². The molecule has 1 aliphatic heterocycles. The van der Waals surface area contributed by atoms with E-state index in [2.05, 4.69) is 15.6 Å². The van der Waals surface area contributed by atoms with Crippen molar-refractivity contribution in [3.05, 3.63) is 23.8 Å². The van der Waals surface area contributed by atoms with Gasteiger partial charge in [0.25, 0.3) is 5.91 Å².